The number of hydrogen-bond donors (Lipinski definition) is 0. The van der Waals surface area contributed by atoms with Crippen molar-refractivity contribution in [1.82, 2.24) is 0 Å². The first-order valence-corrected chi connectivity index (χ1v) is 8.68. The zero-order valence-corrected chi connectivity index (χ0v) is 13.6. The Hall–Kier alpha value is 0.710. The van der Waals surface area contributed by atoms with E-state index in [1.165, 1.54) is 25.3 Å². The molecule has 0 bridgehead atoms. The molecule has 0 aliphatic carbocycles. The van der Waals surface area contributed by atoms with Crippen LogP contribution in [0.15, 0.2) is 0 Å². The molecule has 0 aromatic heterocycles. The molecule has 0 aromatic rings. The van der Waals surface area contributed by atoms with Gasteiger partial charge in [-0.15, -0.1) is 0 Å². The minimum atomic E-state index is -0.657. The van der Waals surface area contributed by atoms with Gasteiger partial charge in [-0.3, -0.25) is 0 Å². The van der Waals surface area contributed by atoms with E-state index in [0.717, 1.165) is 0 Å². The van der Waals surface area contributed by atoms with Crippen molar-refractivity contribution in [3.05, 3.63) is 14.9 Å². The molecule has 0 fully saturated rings. The molecule has 94 valence electrons. The Bertz CT molecular complexity index is 65.2. The van der Waals surface area contributed by atoms with E-state index in [2.05, 4.69) is 40.4 Å². The smallest absolute Gasteiger partial charge is 0.358 e. The van der Waals surface area contributed by atoms with Crippen LogP contribution in [0.25, 0.3) is 0 Å². The van der Waals surface area contributed by atoms with Gasteiger partial charge in [0.15, 0.2) is 0 Å². The third kappa shape index (κ3) is 53.5. The predicted molar refractivity (Wildman–Crippen MR) is 71.9 cm³/mol. The summed E-state index contributed by atoms with van der Waals surface area (Å²) in [5, 5.41) is 0. The first kappa shape index (κ1) is 29.3. The fourth-order valence-corrected chi connectivity index (χ4v) is 2.25. The van der Waals surface area contributed by atoms with Gasteiger partial charge in [0, 0.05) is 8.07 Å². The third-order valence-electron chi connectivity index (χ3n) is 1.50. The molecule has 14 heavy (non-hydrogen) atoms. The molecule has 0 radical (unpaired) electrons. The van der Waals surface area contributed by atoms with Gasteiger partial charge in [-0.1, -0.05) is 65.7 Å². The normalized spacial score (nSPS) is 8.14. The molecular weight excluding hydrogens is 231 g/mol. The zero-order chi connectivity index (χ0) is 9.33. The Morgan fingerprint density at radius 1 is 0.714 bits per heavy atom. The fourth-order valence-electron chi connectivity index (χ4n) is 0.750. The van der Waals surface area contributed by atoms with Gasteiger partial charge in [0.25, 0.3) is 0 Å². The standard InChI is InChI=1S/C6H16Si.C4H10.2CH3.Ni/c1-5-6-7(2,3)4;1-3-4-2;;;/h5-6H2,1-4H3;3-4H2,1-2H3;2*1H3;/q;;2*-1;+2. The molecule has 0 unspecified atom stereocenters. The summed E-state index contributed by atoms with van der Waals surface area (Å²) in [6, 6.07) is 1.48. The van der Waals surface area contributed by atoms with E-state index in [-0.39, 0.29) is 31.3 Å². The predicted octanol–water partition coefficient (Wildman–Crippen LogP) is 5.44. The Kier molecular flexibility index (Phi) is 40.4. The first-order chi connectivity index (χ1) is 4.97. The van der Waals surface area contributed by atoms with Crippen LogP contribution in [0.2, 0.25) is 25.7 Å². The van der Waals surface area contributed by atoms with Gasteiger partial charge in [-0.25, -0.2) is 0 Å². The summed E-state index contributed by atoms with van der Waals surface area (Å²) in [5.41, 5.74) is 0. The molecule has 0 heterocycles. The van der Waals surface area contributed by atoms with Crippen molar-refractivity contribution >= 4 is 8.07 Å². The zero-order valence-electron chi connectivity index (χ0n) is 11.6. The second-order valence-electron chi connectivity index (χ2n) is 4.31. The van der Waals surface area contributed by atoms with Crippen molar-refractivity contribution in [2.24, 2.45) is 0 Å². The first-order valence-electron chi connectivity index (χ1n) is 4.97. The number of unbranched alkanes of at least 4 members (excludes halogenated alkanes) is 1. The Balaban J connectivity index is -0.0000000347. The molecule has 0 N–H and O–H groups in total. The summed E-state index contributed by atoms with van der Waals surface area (Å²) in [7, 11) is -0.657. The van der Waals surface area contributed by atoms with Gasteiger partial charge in [0.05, 0.1) is 0 Å². The Morgan fingerprint density at radius 3 is 1.00 bits per heavy atom. The van der Waals surface area contributed by atoms with Crippen LogP contribution in [0.4, 0.5) is 0 Å². The van der Waals surface area contributed by atoms with Crippen LogP contribution in [-0.2, 0) is 16.5 Å². The van der Waals surface area contributed by atoms with Gasteiger partial charge >= 0.3 is 16.5 Å². The molecule has 0 atom stereocenters. The molecule has 0 amide bonds. The molecule has 0 spiro atoms. The SMILES string of the molecule is CCCC.CCC[Si](C)(C)C.[CH3-].[CH3-].[Ni+2]. The summed E-state index contributed by atoms with van der Waals surface area (Å²) in [4.78, 5) is 0. The number of rotatable bonds is 3. The average molecular weight is 263 g/mol. The molecule has 0 aliphatic rings. The topological polar surface area (TPSA) is 0 Å². The largest absolute Gasteiger partial charge is 2.00 e. The molecule has 0 rings (SSSR count). The van der Waals surface area contributed by atoms with Crippen molar-refractivity contribution in [3.8, 4) is 0 Å². The minimum Gasteiger partial charge on any atom is -0.358 e. The molecule has 0 nitrogen and oxygen atoms in total. The van der Waals surface area contributed by atoms with Crippen molar-refractivity contribution in [3.63, 3.8) is 0 Å². The second kappa shape index (κ2) is 19.3. The van der Waals surface area contributed by atoms with Gasteiger partial charge in [-0.05, 0) is 0 Å². The van der Waals surface area contributed by atoms with E-state index in [1.807, 2.05) is 0 Å². The molecule has 2 heteroatoms. The summed E-state index contributed by atoms with van der Waals surface area (Å²) in [6.07, 6.45) is 4.01. The Morgan fingerprint density at radius 2 is 1.00 bits per heavy atom. The maximum absolute atomic E-state index is 2.41. The van der Waals surface area contributed by atoms with Crippen molar-refractivity contribution in [2.75, 3.05) is 0 Å². The van der Waals surface area contributed by atoms with E-state index < -0.39 is 8.07 Å². The fraction of sp³-hybridized carbons (Fsp3) is 0.833. The van der Waals surface area contributed by atoms with E-state index in [9.17, 15) is 0 Å². The summed E-state index contributed by atoms with van der Waals surface area (Å²) in [6.45, 7) is 13.9. The van der Waals surface area contributed by atoms with Crippen molar-refractivity contribution < 1.29 is 16.5 Å². The van der Waals surface area contributed by atoms with Crippen LogP contribution in [0.1, 0.15) is 40.0 Å². The summed E-state index contributed by atoms with van der Waals surface area (Å²) < 4.78 is 0. The minimum absolute atomic E-state index is 0. The van der Waals surface area contributed by atoms with Crippen LogP contribution in [-0.4, -0.2) is 8.07 Å². The van der Waals surface area contributed by atoms with Gasteiger partial charge < -0.3 is 14.9 Å². The summed E-state index contributed by atoms with van der Waals surface area (Å²) >= 11 is 0. The molecule has 0 aromatic carbocycles. The molecule has 0 saturated carbocycles. The summed E-state index contributed by atoms with van der Waals surface area (Å²) in [5.74, 6) is 0. The van der Waals surface area contributed by atoms with Crippen LogP contribution in [0.5, 0.6) is 0 Å². The van der Waals surface area contributed by atoms with E-state index in [1.54, 1.807) is 0 Å². The van der Waals surface area contributed by atoms with Gasteiger partial charge in [0.1, 0.15) is 0 Å². The van der Waals surface area contributed by atoms with Gasteiger partial charge in [-0.2, -0.15) is 0 Å². The molecule has 0 saturated heterocycles. The van der Waals surface area contributed by atoms with Crippen LogP contribution >= 0.6 is 0 Å². The van der Waals surface area contributed by atoms with Crippen LogP contribution in [0.3, 0.4) is 0 Å². The molecule has 0 aliphatic heterocycles. The Labute approximate surface area is 105 Å². The van der Waals surface area contributed by atoms with Crippen LogP contribution in [0, 0.1) is 14.9 Å². The molecular formula is C12H32NiSi. The maximum atomic E-state index is 2.41. The van der Waals surface area contributed by atoms with Crippen LogP contribution < -0.4 is 0 Å². The van der Waals surface area contributed by atoms with Crippen molar-refractivity contribution in [1.29, 1.82) is 0 Å². The van der Waals surface area contributed by atoms with Gasteiger partial charge in [0.2, 0.25) is 0 Å². The van der Waals surface area contributed by atoms with E-state index in [0.29, 0.717) is 0 Å². The number of hydrogen-bond acceptors (Lipinski definition) is 0. The monoisotopic (exact) mass is 262 g/mol. The quantitative estimate of drug-likeness (QED) is 0.470. The average Bonchev–Trinajstić information content (AvgIpc) is 1.86. The van der Waals surface area contributed by atoms with Crippen molar-refractivity contribution in [2.45, 2.75) is 65.7 Å². The maximum Gasteiger partial charge on any atom is 2.00 e. The van der Waals surface area contributed by atoms with E-state index >= 15 is 0 Å². The van der Waals surface area contributed by atoms with E-state index in [4.69, 9.17) is 0 Å². The third-order valence-corrected chi connectivity index (χ3v) is 3.50. The second-order valence-corrected chi connectivity index (χ2v) is 9.93.